The number of ether oxygens (including phenoxy) is 1. The number of guanidine groups is 1. The average Bonchev–Trinajstić information content (AvgIpc) is 2.35. The molecule has 1 aromatic rings. The minimum atomic E-state index is 0.492. The summed E-state index contributed by atoms with van der Waals surface area (Å²) in [5.74, 6) is 1.38. The van der Waals surface area contributed by atoms with Crippen LogP contribution in [0.1, 0.15) is 24.5 Å². The molecular weight excluding hydrogens is 214 g/mol. The lowest BCUT2D eigenvalue weighted by atomic mass is 10.1. The molecule has 4 heteroatoms. The highest BCUT2D eigenvalue weighted by atomic mass is 16.5. The minimum absolute atomic E-state index is 0.492. The Morgan fingerprint density at radius 1 is 1.47 bits per heavy atom. The topological polar surface area (TPSA) is 59.6 Å². The second-order valence-corrected chi connectivity index (χ2v) is 3.93. The zero-order chi connectivity index (χ0) is 12.7. The number of hydrogen-bond donors (Lipinski definition) is 2. The van der Waals surface area contributed by atoms with Crippen molar-refractivity contribution in [3.63, 3.8) is 0 Å². The lowest BCUT2D eigenvalue weighted by Crippen LogP contribution is -2.32. The number of rotatable bonds is 5. The third-order valence-corrected chi connectivity index (χ3v) is 2.46. The predicted octanol–water partition coefficient (Wildman–Crippen LogP) is 1.82. The van der Waals surface area contributed by atoms with Crippen LogP contribution < -0.4 is 15.8 Å². The van der Waals surface area contributed by atoms with Crippen molar-refractivity contribution in [1.29, 1.82) is 0 Å². The van der Waals surface area contributed by atoms with E-state index in [1.54, 1.807) is 7.11 Å². The molecule has 0 saturated heterocycles. The fourth-order valence-electron chi connectivity index (χ4n) is 1.45. The molecule has 0 heterocycles. The number of benzene rings is 1. The highest BCUT2D eigenvalue weighted by Crippen LogP contribution is 2.19. The highest BCUT2D eigenvalue weighted by Gasteiger charge is 1.99. The van der Waals surface area contributed by atoms with Gasteiger partial charge in [0.15, 0.2) is 5.96 Å². The summed E-state index contributed by atoms with van der Waals surface area (Å²) in [4.78, 5) is 4.26. The molecule has 0 atom stereocenters. The van der Waals surface area contributed by atoms with Crippen LogP contribution in [0.25, 0.3) is 0 Å². The molecule has 0 aliphatic carbocycles. The molecule has 1 rings (SSSR count). The Kier molecular flexibility index (Phi) is 5.33. The maximum Gasteiger partial charge on any atom is 0.188 e. The van der Waals surface area contributed by atoms with Crippen LogP contribution in [-0.2, 0) is 6.54 Å². The molecule has 17 heavy (non-hydrogen) atoms. The number of nitrogens with zero attached hydrogens (tertiary/aromatic N) is 1. The molecule has 0 saturated carbocycles. The van der Waals surface area contributed by atoms with Crippen LogP contribution in [0.5, 0.6) is 5.75 Å². The first-order valence-electron chi connectivity index (χ1n) is 5.84. The Morgan fingerprint density at radius 3 is 2.88 bits per heavy atom. The van der Waals surface area contributed by atoms with E-state index in [1.165, 1.54) is 0 Å². The average molecular weight is 235 g/mol. The van der Waals surface area contributed by atoms with Gasteiger partial charge in [0.05, 0.1) is 13.7 Å². The third-order valence-electron chi connectivity index (χ3n) is 2.46. The molecule has 0 amide bonds. The Bertz CT molecular complexity index is 388. The molecule has 4 nitrogen and oxygen atoms in total. The van der Waals surface area contributed by atoms with E-state index in [1.807, 2.05) is 25.1 Å². The summed E-state index contributed by atoms with van der Waals surface area (Å²) in [5.41, 5.74) is 7.93. The first-order valence-corrected chi connectivity index (χ1v) is 5.84. The third kappa shape index (κ3) is 4.34. The van der Waals surface area contributed by atoms with Crippen molar-refractivity contribution in [2.75, 3.05) is 13.7 Å². The first-order chi connectivity index (χ1) is 8.17. The van der Waals surface area contributed by atoms with Gasteiger partial charge >= 0.3 is 0 Å². The summed E-state index contributed by atoms with van der Waals surface area (Å²) in [6.45, 7) is 5.53. The first kappa shape index (κ1) is 13.4. The summed E-state index contributed by atoms with van der Waals surface area (Å²) < 4.78 is 5.26. The van der Waals surface area contributed by atoms with Crippen LogP contribution in [0.3, 0.4) is 0 Å². The van der Waals surface area contributed by atoms with E-state index in [0.29, 0.717) is 12.5 Å². The molecule has 0 aromatic heterocycles. The largest absolute Gasteiger partial charge is 0.496 e. The summed E-state index contributed by atoms with van der Waals surface area (Å²) in [6.07, 6.45) is 1.04. The summed E-state index contributed by atoms with van der Waals surface area (Å²) in [6, 6.07) is 6.06. The van der Waals surface area contributed by atoms with Crippen LogP contribution in [0.4, 0.5) is 0 Å². The summed E-state index contributed by atoms with van der Waals surface area (Å²) >= 11 is 0. The van der Waals surface area contributed by atoms with Crippen LogP contribution in [0, 0.1) is 6.92 Å². The normalized spacial score (nSPS) is 11.4. The van der Waals surface area contributed by atoms with Crippen molar-refractivity contribution >= 4 is 5.96 Å². The van der Waals surface area contributed by atoms with Crippen molar-refractivity contribution in [1.82, 2.24) is 5.32 Å². The zero-order valence-electron chi connectivity index (χ0n) is 10.8. The van der Waals surface area contributed by atoms with Crippen molar-refractivity contribution in [2.45, 2.75) is 26.8 Å². The van der Waals surface area contributed by atoms with Gasteiger partial charge in [-0.3, -0.25) is 0 Å². The molecular formula is C13H21N3O. The van der Waals surface area contributed by atoms with Gasteiger partial charge in [-0.05, 0) is 30.5 Å². The monoisotopic (exact) mass is 235 g/mol. The minimum Gasteiger partial charge on any atom is -0.496 e. The van der Waals surface area contributed by atoms with Crippen LogP contribution in [0.2, 0.25) is 0 Å². The van der Waals surface area contributed by atoms with Gasteiger partial charge in [0, 0.05) is 6.54 Å². The quantitative estimate of drug-likeness (QED) is 0.604. The summed E-state index contributed by atoms with van der Waals surface area (Å²) in [5, 5.41) is 3.04. The van der Waals surface area contributed by atoms with Crippen LogP contribution in [-0.4, -0.2) is 19.6 Å². The van der Waals surface area contributed by atoms with Gasteiger partial charge in [0.25, 0.3) is 0 Å². The van der Waals surface area contributed by atoms with E-state index in [0.717, 1.165) is 29.8 Å². The number of aliphatic imine (C=N–C) groups is 1. The molecule has 0 bridgehead atoms. The van der Waals surface area contributed by atoms with Gasteiger partial charge in [0.1, 0.15) is 5.75 Å². The second-order valence-electron chi connectivity index (χ2n) is 3.93. The maximum absolute atomic E-state index is 5.72. The Hall–Kier alpha value is -1.71. The van der Waals surface area contributed by atoms with E-state index in [2.05, 4.69) is 17.2 Å². The molecule has 3 N–H and O–H groups in total. The SMILES string of the molecule is CCCNC(N)=NCc1ccc(C)c(OC)c1. The van der Waals surface area contributed by atoms with Crippen molar-refractivity contribution in [3.8, 4) is 5.75 Å². The summed E-state index contributed by atoms with van der Waals surface area (Å²) in [7, 11) is 1.67. The molecule has 0 aliphatic rings. The Labute approximate surface area is 103 Å². The Morgan fingerprint density at radius 2 is 2.24 bits per heavy atom. The number of aryl methyl sites for hydroxylation is 1. The molecule has 94 valence electrons. The van der Waals surface area contributed by atoms with Crippen LogP contribution >= 0.6 is 0 Å². The molecule has 0 radical (unpaired) electrons. The van der Waals surface area contributed by atoms with Crippen molar-refractivity contribution < 1.29 is 4.74 Å². The number of nitrogens with two attached hydrogens (primary N) is 1. The highest BCUT2D eigenvalue weighted by molar-refractivity contribution is 5.77. The standard InChI is InChI=1S/C13H21N3O/c1-4-7-15-13(14)16-9-11-6-5-10(2)12(8-11)17-3/h5-6,8H,4,7,9H2,1-3H3,(H3,14,15,16). The number of hydrogen-bond acceptors (Lipinski definition) is 2. The molecule has 1 aromatic carbocycles. The fourth-order valence-corrected chi connectivity index (χ4v) is 1.45. The van der Waals surface area contributed by atoms with E-state index >= 15 is 0 Å². The number of nitrogens with one attached hydrogen (secondary N) is 1. The van der Waals surface area contributed by atoms with Gasteiger partial charge in [-0.25, -0.2) is 4.99 Å². The van der Waals surface area contributed by atoms with Crippen molar-refractivity contribution in [2.24, 2.45) is 10.7 Å². The molecule has 0 unspecified atom stereocenters. The number of methoxy groups -OCH3 is 1. The van der Waals surface area contributed by atoms with Gasteiger partial charge in [-0.2, -0.15) is 0 Å². The van der Waals surface area contributed by atoms with E-state index in [9.17, 15) is 0 Å². The smallest absolute Gasteiger partial charge is 0.188 e. The molecule has 0 aliphatic heterocycles. The van der Waals surface area contributed by atoms with Gasteiger partial charge in [-0.1, -0.05) is 19.1 Å². The molecule has 0 spiro atoms. The lowest BCUT2D eigenvalue weighted by Gasteiger charge is -2.07. The maximum atomic E-state index is 5.72. The fraction of sp³-hybridized carbons (Fsp3) is 0.462. The van der Waals surface area contributed by atoms with Gasteiger partial charge in [0.2, 0.25) is 0 Å². The lowest BCUT2D eigenvalue weighted by molar-refractivity contribution is 0.411. The zero-order valence-corrected chi connectivity index (χ0v) is 10.8. The van der Waals surface area contributed by atoms with Gasteiger partial charge < -0.3 is 15.8 Å². The predicted molar refractivity (Wildman–Crippen MR) is 71.4 cm³/mol. The van der Waals surface area contributed by atoms with E-state index < -0.39 is 0 Å². The van der Waals surface area contributed by atoms with Crippen LogP contribution in [0.15, 0.2) is 23.2 Å². The van der Waals surface area contributed by atoms with Crippen molar-refractivity contribution in [3.05, 3.63) is 29.3 Å². The van der Waals surface area contributed by atoms with Gasteiger partial charge in [-0.15, -0.1) is 0 Å². The second kappa shape index (κ2) is 6.78. The van der Waals surface area contributed by atoms with E-state index in [-0.39, 0.29) is 0 Å². The van der Waals surface area contributed by atoms with E-state index in [4.69, 9.17) is 10.5 Å². The Balaban J connectivity index is 2.62. The molecule has 0 fully saturated rings.